The molecule has 1 aliphatic rings. The molecule has 1 heterocycles. The van der Waals surface area contributed by atoms with Crippen molar-refractivity contribution in [2.75, 3.05) is 27.3 Å². The Morgan fingerprint density at radius 1 is 0.784 bits per heavy atom. The van der Waals surface area contributed by atoms with Crippen LogP contribution in [-0.4, -0.2) is 32.2 Å². The minimum Gasteiger partial charge on any atom is -0.497 e. The van der Waals surface area contributed by atoms with Crippen LogP contribution in [0.25, 0.3) is 21.9 Å². The fourth-order valence-corrected chi connectivity index (χ4v) is 5.65. The van der Waals surface area contributed by atoms with Gasteiger partial charge in [-0.15, -0.1) is 0 Å². The van der Waals surface area contributed by atoms with E-state index in [1.807, 2.05) is 18.2 Å². The van der Waals surface area contributed by atoms with Crippen LogP contribution in [0.15, 0.2) is 84.9 Å². The molecule has 0 aliphatic carbocycles. The predicted molar refractivity (Wildman–Crippen MR) is 152 cm³/mol. The summed E-state index contributed by atoms with van der Waals surface area (Å²) in [5, 5.41) is 2.36. The van der Waals surface area contributed by atoms with Crippen molar-refractivity contribution in [1.29, 1.82) is 0 Å². The fraction of sp³-hybridized carbons (Fsp3) is 0.333. The Balaban J connectivity index is 1.79. The number of hydrogen-bond donors (Lipinski definition) is 0. The molecule has 4 nitrogen and oxygen atoms in total. The molecule has 0 aromatic heterocycles. The van der Waals surface area contributed by atoms with E-state index in [0.717, 1.165) is 67.0 Å². The number of para-hydroxylation sites is 1. The van der Waals surface area contributed by atoms with Crippen molar-refractivity contribution in [3.05, 3.63) is 90.5 Å². The summed E-state index contributed by atoms with van der Waals surface area (Å²) in [6, 6.07) is 29.6. The van der Waals surface area contributed by atoms with Gasteiger partial charge in [0.05, 0.1) is 14.2 Å². The average molecular weight is 496 g/mol. The van der Waals surface area contributed by atoms with E-state index in [2.05, 4.69) is 78.6 Å². The van der Waals surface area contributed by atoms with Crippen LogP contribution in [0, 0.1) is 0 Å². The Bertz CT molecular complexity index is 1320. The van der Waals surface area contributed by atoms with Crippen LogP contribution in [0.3, 0.4) is 0 Å². The molecule has 5 rings (SSSR count). The lowest BCUT2D eigenvalue weighted by molar-refractivity contribution is -0.117. The number of methoxy groups -OCH3 is 2. The molecule has 4 aromatic carbocycles. The predicted octanol–water partition coefficient (Wildman–Crippen LogP) is 8.04. The van der Waals surface area contributed by atoms with Crippen molar-refractivity contribution in [2.24, 2.45) is 0 Å². The van der Waals surface area contributed by atoms with Crippen LogP contribution < -0.4 is 14.2 Å². The quantitative estimate of drug-likeness (QED) is 0.235. The topological polar surface area (TPSA) is 30.9 Å². The van der Waals surface area contributed by atoms with Gasteiger partial charge in [-0.05, 0) is 77.6 Å². The number of piperidine rings is 1. The summed E-state index contributed by atoms with van der Waals surface area (Å²) in [6.45, 7) is 4.27. The van der Waals surface area contributed by atoms with Gasteiger partial charge in [-0.25, -0.2) is 0 Å². The van der Waals surface area contributed by atoms with Gasteiger partial charge in [-0.1, -0.05) is 61.9 Å². The fourth-order valence-electron chi connectivity index (χ4n) is 5.65. The lowest BCUT2D eigenvalue weighted by Crippen LogP contribution is -2.54. The highest BCUT2D eigenvalue weighted by atomic mass is 16.5. The van der Waals surface area contributed by atoms with Gasteiger partial charge in [0.2, 0.25) is 0 Å². The third kappa shape index (κ3) is 5.03. The molecule has 0 saturated carbocycles. The summed E-state index contributed by atoms with van der Waals surface area (Å²) >= 11 is 0. The Labute approximate surface area is 220 Å². The molecule has 192 valence electrons. The molecule has 0 spiro atoms. The van der Waals surface area contributed by atoms with E-state index in [-0.39, 0.29) is 0 Å². The highest BCUT2D eigenvalue weighted by Gasteiger charge is 2.45. The van der Waals surface area contributed by atoms with Crippen molar-refractivity contribution < 1.29 is 14.2 Å². The molecular weight excluding hydrogens is 458 g/mol. The molecule has 4 aromatic rings. The monoisotopic (exact) mass is 495 g/mol. The first-order valence-corrected chi connectivity index (χ1v) is 13.4. The second kappa shape index (κ2) is 11.3. The Morgan fingerprint density at radius 3 is 2.27 bits per heavy atom. The maximum atomic E-state index is 7.18. The highest BCUT2D eigenvalue weighted by molar-refractivity contribution is 5.93. The van der Waals surface area contributed by atoms with Crippen molar-refractivity contribution in [2.45, 2.75) is 44.8 Å². The number of nitrogens with zero attached hydrogens (tertiary/aromatic N) is 1. The summed E-state index contributed by atoms with van der Waals surface area (Å²) in [6.07, 6.45) is 5.51. The molecule has 1 fully saturated rings. The standard InChI is InChI=1S/C33H37NO3/c1-4-5-22-34-23-10-9-21-33(34,37-28-11-7-6-8-12-28)32-30(25-13-16-27(35-2)17-14-25)19-15-26-24-29(36-3)18-20-31(26)32/h6-8,11-20,24H,4-5,9-10,21-23H2,1-3H3. The normalized spacial score (nSPS) is 18.0. The van der Waals surface area contributed by atoms with E-state index in [1.54, 1.807) is 14.2 Å². The van der Waals surface area contributed by atoms with E-state index in [0.29, 0.717) is 0 Å². The van der Waals surface area contributed by atoms with Crippen LogP contribution in [0.1, 0.15) is 44.6 Å². The van der Waals surface area contributed by atoms with E-state index in [9.17, 15) is 0 Å². The molecule has 0 bridgehead atoms. The van der Waals surface area contributed by atoms with Gasteiger partial charge in [0.25, 0.3) is 0 Å². The number of fused-ring (bicyclic) bond motifs is 1. The lowest BCUT2D eigenvalue weighted by atomic mass is 9.82. The minimum absolute atomic E-state index is 0.585. The molecule has 0 amide bonds. The second-order valence-corrected chi connectivity index (χ2v) is 9.80. The first-order chi connectivity index (χ1) is 18.2. The van der Waals surface area contributed by atoms with Crippen LogP contribution in [-0.2, 0) is 5.72 Å². The average Bonchev–Trinajstić information content (AvgIpc) is 2.96. The molecule has 0 radical (unpaired) electrons. The first kappa shape index (κ1) is 25.2. The number of likely N-dealkylation sites (tertiary alicyclic amines) is 1. The van der Waals surface area contributed by atoms with Crippen molar-refractivity contribution >= 4 is 10.8 Å². The molecule has 1 atom stereocenters. The zero-order valence-electron chi connectivity index (χ0n) is 22.2. The maximum absolute atomic E-state index is 7.18. The molecule has 1 aliphatic heterocycles. The summed E-state index contributed by atoms with van der Waals surface area (Å²) in [4.78, 5) is 2.60. The van der Waals surface area contributed by atoms with E-state index in [4.69, 9.17) is 14.2 Å². The number of rotatable bonds is 9. The van der Waals surface area contributed by atoms with Crippen LogP contribution in [0.4, 0.5) is 0 Å². The van der Waals surface area contributed by atoms with Gasteiger partial charge < -0.3 is 14.2 Å². The van der Waals surface area contributed by atoms with Gasteiger partial charge in [0, 0.05) is 25.1 Å². The van der Waals surface area contributed by atoms with Crippen LogP contribution >= 0.6 is 0 Å². The van der Waals surface area contributed by atoms with E-state index < -0.39 is 5.72 Å². The lowest BCUT2D eigenvalue weighted by Gasteiger charge is -2.48. The SMILES string of the molecule is CCCCN1CCCCC1(Oc1ccccc1)c1c(-c2ccc(OC)cc2)ccc2cc(OC)ccc12. The van der Waals surface area contributed by atoms with E-state index >= 15 is 0 Å². The van der Waals surface area contributed by atoms with Gasteiger partial charge in [-0.2, -0.15) is 0 Å². The molecule has 37 heavy (non-hydrogen) atoms. The van der Waals surface area contributed by atoms with Gasteiger partial charge in [-0.3, -0.25) is 4.90 Å². The van der Waals surface area contributed by atoms with Gasteiger partial charge >= 0.3 is 0 Å². The number of unbranched alkanes of at least 4 members (excludes halogenated alkanes) is 1. The summed E-state index contributed by atoms with van der Waals surface area (Å²) in [5.41, 5.74) is 3.00. The minimum atomic E-state index is -0.585. The Kier molecular flexibility index (Phi) is 7.66. The van der Waals surface area contributed by atoms with Crippen molar-refractivity contribution in [1.82, 2.24) is 4.90 Å². The zero-order chi connectivity index (χ0) is 25.7. The highest BCUT2D eigenvalue weighted by Crippen LogP contribution is 2.47. The van der Waals surface area contributed by atoms with Crippen molar-refractivity contribution in [3.63, 3.8) is 0 Å². The molecular formula is C33H37NO3. The first-order valence-electron chi connectivity index (χ1n) is 13.4. The molecule has 1 saturated heterocycles. The van der Waals surface area contributed by atoms with E-state index in [1.165, 1.54) is 22.9 Å². The number of ether oxygens (including phenoxy) is 3. The Hall–Kier alpha value is -3.50. The number of hydrogen-bond acceptors (Lipinski definition) is 4. The summed E-state index contributed by atoms with van der Waals surface area (Å²) < 4.78 is 18.2. The molecule has 4 heteroatoms. The summed E-state index contributed by atoms with van der Waals surface area (Å²) in [5.74, 6) is 2.62. The third-order valence-corrected chi connectivity index (χ3v) is 7.53. The Morgan fingerprint density at radius 2 is 1.54 bits per heavy atom. The number of benzene rings is 4. The second-order valence-electron chi connectivity index (χ2n) is 9.80. The molecule has 1 unspecified atom stereocenters. The van der Waals surface area contributed by atoms with Crippen LogP contribution in [0.5, 0.6) is 17.2 Å². The third-order valence-electron chi connectivity index (χ3n) is 7.53. The zero-order valence-corrected chi connectivity index (χ0v) is 22.2. The van der Waals surface area contributed by atoms with Gasteiger partial charge in [0.1, 0.15) is 17.2 Å². The summed E-state index contributed by atoms with van der Waals surface area (Å²) in [7, 11) is 3.43. The van der Waals surface area contributed by atoms with Crippen LogP contribution in [0.2, 0.25) is 0 Å². The largest absolute Gasteiger partial charge is 0.497 e. The molecule has 0 N–H and O–H groups in total. The van der Waals surface area contributed by atoms with Gasteiger partial charge in [0.15, 0.2) is 5.72 Å². The smallest absolute Gasteiger partial charge is 0.190 e. The van der Waals surface area contributed by atoms with Crippen molar-refractivity contribution in [3.8, 4) is 28.4 Å². The maximum Gasteiger partial charge on any atom is 0.190 e.